The van der Waals surface area contributed by atoms with E-state index in [9.17, 15) is 18.3 Å². The molecule has 0 bridgehead atoms. The summed E-state index contributed by atoms with van der Waals surface area (Å²) in [6.07, 6.45) is 4.00. The predicted octanol–water partition coefficient (Wildman–Crippen LogP) is 3.78. The van der Waals surface area contributed by atoms with Crippen LogP contribution in [0.2, 0.25) is 5.02 Å². The molecule has 2 aromatic carbocycles. The first-order chi connectivity index (χ1) is 13.7. The number of aliphatic hydroxyl groups is 1. The highest BCUT2D eigenvalue weighted by Crippen LogP contribution is 2.39. The van der Waals surface area contributed by atoms with Crippen molar-refractivity contribution in [3.8, 4) is 5.69 Å². The van der Waals surface area contributed by atoms with Gasteiger partial charge in [0.15, 0.2) is 0 Å². The van der Waals surface area contributed by atoms with Crippen LogP contribution in [0.3, 0.4) is 0 Å². The van der Waals surface area contributed by atoms with Gasteiger partial charge in [0, 0.05) is 21.8 Å². The highest BCUT2D eigenvalue weighted by molar-refractivity contribution is 7.92. The van der Waals surface area contributed by atoms with E-state index < -0.39 is 15.6 Å². The molecule has 0 saturated heterocycles. The molecule has 1 aromatic heterocycles. The lowest BCUT2D eigenvalue weighted by molar-refractivity contribution is 0.0376. The molecular weight excluding hydrogens is 412 g/mol. The minimum absolute atomic E-state index is 0.312. The second-order valence-corrected chi connectivity index (χ2v) is 9.75. The van der Waals surface area contributed by atoms with Crippen LogP contribution in [0.5, 0.6) is 0 Å². The van der Waals surface area contributed by atoms with Gasteiger partial charge in [-0.05, 0) is 60.7 Å². The molecule has 0 unspecified atom stereocenters. The van der Waals surface area contributed by atoms with Gasteiger partial charge in [-0.25, -0.2) is 8.42 Å². The summed E-state index contributed by atoms with van der Waals surface area (Å²) in [5.74, 6) is 0. The Bertz CT molecular complexity index is 1240. The van der Waals surface area contributed by atoms with Crippen molar-refractivity contribution >= 4 is 38.1 Å². The van der Waals surface area contributed by atoms with Gasteiger partial charge in [0.05, 0.1) is 11.9 Å². The van der Waals surface area contributed by atoms with Gasteiger partial charge in [0.1, 0.15) is 5.60 Å². The summed E-state index contributed by atoms with van der Waals surface area (Å²) in [4.78, 5) is 13.5. The average molecular weight is 433 g/mol. The highest BCUT2D eigenvalue weighted by Gasteiger charge is 2.36. The molecule has 0 radical (unpaired) electrons. The van der Waals surface area contributed by atoms with Crippen molar-refractivity contribution in [2.24, 2.45) is 0 Å². The lowest BCUT2D eigenvalue weighted by Crippen LogP contribution is -2.32. The number of anilines is 1. The highest BCUT2D eigenvalue weighted by atomic mass is 35.5. The Kier molecular flexibility index (Phi) is 4.93. The van der Waals surface area contributed by atoms with Crippen LogP contribution in [-0.4, -0.2) is 24.3 Å². The number of rotatable bonds is 4. The van der Waals surface area contributed by atoms with E-state index in [1.165, 1.54) is 10.6 Å². The number of pyridine rings is 1. The van der Waals surface area contributed by atoms with E-state index in [1.54, 1.807) is 36.4 Å². The van der Waals surface area contributed by atoms with Crippen molar-refractivity contribution < 1.29 is 13.5 Å². The van der Waals surface area contributed by atoms with E-state index >= 15 is 0 Å². The smallest absolute Gasteiger partial charge is 0.263 e. The molecule has 152 valence electrons. The van der Waals surface area contributed by atoms with Crippen molar-refractivity contribution in [3.63, 3.8) is 0 Å². The SMILES string of the molecule is CS(=O)(=O)Nc1ccc2cc(C3(O)CCCC3)n(-c3ccc(Cl)cc3)c(=O)c2c1. The Morgan fingerprint density at radius 3 is 2.34 bits per heavy atom. The Labute approximate surface area is 173 Å². The third kappa shape index (κ3) is 3.90. The normalized spacial score (nSPS) is 16.2. The van der Waals surface area contributed by atoms with Crippen LogP contribution in [0.25, 0.3) is 16.5 Å². The van der Waals surface area contributed by atoms with Crippen LogP contribution in [0.4, 0.5) is 5.69 Å². The third-order valence-corrected chi connectivity index (χ3v) is 6.17. The predicted molar refractivity (Wildman–Crippen MR) is 115 cm³/mol. The van der Waals surface area contributed by atoms with Crippen molar-refractivity contribution in [2.45, 2.75) is 31.3 Å². The lowest BCUT2D eigenvalue weighted by atomic mass is 9.94. The summed E-state index contributed by atoms with van der Waals surface area (Å²) in [6.45, 7) is 0. The fourth-order valence-corrected chi connectivity index (χ4v) is 4.67. The topological polar surface area (TPSA) is 88.4 Å². The fraction of sp³-hybridized carbons (Fsp3) is 0.286. The number of fused-ring (bicyclic) bond motifs is 1. The molecule has 0 atom stereocenters. The minimum atomic E-state index is -3.47. The quantitative estimate of drug-likeness (QED) is 0.656. The number of hydrogen-bond acceptors (Lipinski definition) is 4. The number of hydrogen-bond donors (Lipinski definition) is 2. The molecule has 2 N–H and O–H groups in total. The van der Waals surface area contributed by atoms with Crippen molar-refractivity contribution in [2.75, 3.05) is 11.0 Å². The summed E-state index contributed by atoms with van der Waals surface area (Å²) in [5.41, 5.74) is 0.0394. The molecule has 1 heterocycles. The van der Waals surface area contributed by atoms with Crippen LogP contribution in [-0.2, 0) is 15.6 Å². The van der Waals surface area contributed by atoms with Gasteiger partial charge < -0.3 is 5.11 Å². The van der Waals surface area contributed by atoms with Crippen LogP contribution in [0.15, 0.2) is 53.3 Å². The first-order valence-electron chi connectivity index (χ1n) is 9.33. The number of benzene rings is 2. The van der Waals surface area contributed by atoms with Gasteiger partial charge in [0.25, 0.3) is 5.56 Å². The van der Waals surface area contributed by atoms with E-state index in [0.29, 0.717) is 45.7 Å². The zero-order chi connectivity index (χ0) is 20.8. The van der Waals surface area contributed by atoms with Gasteiger partial charge >= 0.3 is 0 Å². The molecule has 1 aliphatic rings. The zero-order valence-corrected chi connectivity index (χ0v) is 17.4. The zero-order valence-electron chi connectivity index (χ0n) is 15.9. The van der Waals surface area contributed by atoms with Gasteiger partial charge in [0.2, 0.25) is 10.0 Å². The Morgan fingerprint density at radius 2 is 1.72 bits per heavy atom. The van der Waals surface area contributed by atoms with Crippen LogP contribution in [0.1, 0.15) is 31.4 Å². The molecule has 6 nitrogen and oxygen atoms in total. The Morgan fingerprint density at radius 1 is 1.07 bits per heavy atom. The van der Waals surface area contributed by atoms with E-state index in [-0.39, 0.29) is 5.56 Å². The largest absolute Gasteiger partial charge is 0.384 e. The minimum Gasteiger partial charge on any atom is -0.384 e. The van der Waals surface area contributed by atoms with Crippen molar-refractivity contribution in [3.05, 3.63) is 69.6 Å². The summed E-state index contributed by atoms with van der Waals surface area (Å²) in [5, 5.41) is 12.8. The van der Waals surface area contributed by atoms with Gasteiger partial charge in [-0.2, -0.15) is 0 Å². The standard InChI is InChI=1S/C21H21ClN2O4S/c1-29(27,28)23-16-7-4-14-12-19(21(26)10-2-3-11-21)24(20(25)18(14)13-16)17-8-5-15(22)6-9-17/h4-9,12-13,23,26H,2-3,10-11H2,1H3. The molecule has 8 heteroatoms. The first-order valence-corrected chi connectivity index (χ1v) is 11.6. The van der Waals surface area contributed by atoms with E-state index in [0.717, 1.165) is 19.1 Å². The molecule has 29 heavy (non-hydrogen) atoms. The van der Waals surface area contributed by atoms with E-state index in [2.05, 4.69) is 4.72 Å². The van der Waals surface area contributed by atoms with Crippen molar-refractivity contribution in [1.29, 1.82) is 0 Å². The van der Waals surface area contributed by atoms with Crippen molar-refractivity contribution in [1.82, 2.24) is 4.57 Å². The number of sulfonamides is 1. The summed E-state index contributed by atoms with van der Waals surface area (Å²) < 4.78 is 27.1. The Hall–Kier alpha value is -2.35. The van der Waals surface area contributed by atoms with Crippen LogP contribution >= 0.6 is 11.6 Å². The molecule has 4 rings (SSSR count). The summed E-state index contributed by atoms with van der Waals surface area (Å²) in [6, 6.07) is 13.5. The number of halogens is 1. The molecule has 1 saturated carbocycles. The molecule has 1 fully saturated rings. The molecule has 0 aliphatic heterocycles. The van der Waals surface area contributed by atoms with E-state index in [1.807, 2.05) is 6.07 Å². The second kappa shape index (κ2) is 7.16. The number of nitrogens with zero attached hydrogens (tertiary/aromatic N) is 1. The molecule has 0 spiro atoms. The van der Waals surface area contributed by atoms with Crippen LogP contribution in [0, 0.1) is 0 Å². The van der Waals surface area contributed by atoms with Gasteiger partial charge in [-0.1, -0.05) is 30.5 Å². The number of aromatic nitrogens is 1. The first kappa shape index (κ1) is 19.9. The maximum Gasteiger partial charge on any atom is 0.263 e. The Balaban J connectivity index is 2.00. The maximum absolute atomic E-state index is 13.5. The second-order valence-electron chi connectivity index (χ2n) is 7.56. The fourth-order valence-electron chi connectivity index (χ4n) is 3.99. The monoisotopic (exact) mass is 432 g/mol. The van der Waals surface area contributed by atoms with Gasteiger partial charge in [-0.15, -0.1) is 0 Å². The van der Waals surface area contributed by atoms with Gasteiger partial charge in [-0.3, -0.25) is 14.1 Å². The average Bonchev–Trinajstić information content (AvgIpc) is 3.09. The molecule has 0 amide bonds. The maximum atomic E-state index is 13.5. The van der Waals surface area contributed by atoms with Crippen LogP contribution < -0.4 is 10.3 Å². The molecule has 3 aromatic rings. The summed E-state index contributed by atoms with van der Waals surface area (Å²) >= 11 is 6.01. The summed E-state index contributed by atoms with van der Waals surface area (Å²) in [7, 11) is -3.47. The molecular formula is C21H21ClN2O4S. The third-order valence-electron chi connectivity index (χ3n) is 5.32. The lowest BCUT2D eigenvalue weighted by Gasteiger charge is -2.27. The van der Waals surface area contributed by atoms with E-state index in [4.69, 9.17) is 11.6 Å². The number of nitrogens with one attached hydrogen (secondary N) is 1. The molecule has 1 aliphatic carbocycles.